The molecule has 100 valence electrons. The lowest BCUT2D eigenvalue weighted by Gasteiger charge is -2.08. The summed E-state index contributed by atoms with van der Waals surface area (Å²) in [5.74, 6) is -0.760. The Morgan fingerprint density at radius 1 is 1.53 bits per heavy atom. The first-order valence-electron chi connectivity index (χ1n) is 5.40. The van der Waals surface area contributed by atoms with Crippen LogP contribution in [0, 0.1) is 5.82 Å². The van der Waals surface area contributed by atoms with Gasteiger partial charge in [-0.1, -0.05) is 17.8 Å². The number of esters is 1. The first kappa shape index (κ1) is 13.5. The van der Waals surface area contributed by atoms with Crippen LogP contribution in [0.3, 0.4) is 0 Å². The third-order valence-electron chi connectivity index (χ3n) is 2.31. The van der Waals surface area contributed by atoms with Crippen LogP contribution in [0.4, 0.5) is 4.39 Å². The summed E-state index contributed by atoms with van der Waals surface area (Å²) in [6.45, 7) is 1.68. The predicted octanol–water partition coefficient (Wildman–Crippen LogP) is 1.45. The second-order valence-corrected chi connectivity index (χ2v) is 4.94. The molecular formula is C11H11FN4O2S. The van der Waals surface area contributed by atoms with Gasteiger partial charge in [0.15, 0.2) is 0 Å². The summed E-state index contributed by atoms with van der Waals surface area (Å²) in [5, 5.41) is 11.1. The van der Waals surface area contributed by atoms with E-state index in [4.69, 9.17) is 0 Å². The minimum atomic E-state index is -0.455. The molecular weight excluding hydrogens is 271 g/mol. The number of hydrogen-bond acceptors (Lipinski definition) is 6. The highest BCUT2D eigenvalue weighted by molar-refractivity contribution is 8.00. The number of methoxy groups -OCH3 is 1. The number of halogens is 1. The van der Waals surface area contributed by atoms with Gasteiger partial charge in [-0.2, -0.15) is 4.68 Å². The van der Waals surface area contributed by atoms with E-state index in [1.165, 1.54) is 23.9 Å². The van der Waals surface area contributed by atoms with Crippen LogP contribution in [0.1, 0.15) is 6.92 Å². The number of ether oxygens (including phenoxy) is 1. The standard InChI is InChI=1S/C11H11FN4O2S/c1-7(10(17)18-2)19-11-13-14-15-16(11)9-5-3-4-8(12)6-9/h3-7H,1-2H3/t7-/m1/s1. The number of nitrogens with zero attached hydrogens (tertiary/aromatic N) is 4. The normalized spacial score (nSPS) is 12.2. The van der Waals surface area contributed by atoms with E-state index >= 15 is 0 Å². The fraction of sp³-hybridized carbons (Fsp3) is 0.273. The Bertz CT molecular complexity index is 590. The van der Waals surface area contributed by atoms with E-state index in [9.17, 15) is 9.18 Å². The third kappa shape index (κ3) is 3.08. The van der Waals surface area contributed by atoms with Crippen molar-refractivity contribution in [3.8, 4) is 5.69 Å². The number of carbonyl (C=O) groups excluding carboxylic acids is 1. The van der Waals surface area contributed by atoms with Crippen LogP contribution in [0.5, 0.6) is 0 Å². The third-order valence-corrected chi connectivity index (χ3v) is 3.32. The smallest absolute Gasteiger partial charge is 0.318 e. The van der Waals surface area contributed by atoms with Gasteiger partial charge in [-0.25, -0.2) is 4.39 Å². The number of thioether (sulfide) groups is 1. The summed E-state index contributed by atoms with van der Waals surface area (Å²) >= 11 is 1.14. The minimum absolute atomic E-state index is 0.376. The minimum Gasteiger partial charge on any atom is -0.468 e. The molecule has 19 heavy (non-hydrogen) atoms. The zero-order valence-electron chi connectivity index (χ0n) is 10.3. The molecule has 0 aliphatic heterocycles. The first-order valence-corrected chi connectivity index (χ1v) is 6.28. The van der Waals surface area contributed by atoms with E-state index in [0.29, 0.717) is 10.8 Å². The van der Waals surface area contributed by atoms with Crippen molar-refractivity contribution in [2.45, 2.75) is 17.3 Å². The van der Waals surface area contributed by atoms with Crippen LogP contribution in [-0.2, 0) is 9.53 Å². The molecule has 1 heterocycles. The molecule has 1 atom stereocenters. The summed E-state index contributed by atoms with van der Waals surface area (Å²) in [4.78, 5) is 11.4. The molecule has 2 rings (SSSR count). The maximum Gasteiger partial charge on any atom is 0.318 e. The lowest BCUT2D eigenvalue weighted by atomic mass is 10.3. The molecule has 0 radical (unpaired) electrons. The van der Waals surface area contributed by atoms with Crippen molar-refractivity contribution in [1.29, 1.82) is 0 Å². The van der Waals surface area contributed by atoms with Crippen LogP contribution in [0.2, 0.25) is 0 Å². The van der Waals surface area contributed by atoms with Crippen LogP contribution in [0.15, 0.2) is 29.4 Å². The van der Waals surface area contributed by atoms with E-state index in [1.54, 1.807) is 19.1 Å². The van der Waals surface area contributed by atoms with Gasteiger partial charge in [0, 0.05) is 0 Å². The first-order chi connectivity index (χ1) is 9.11. The average Bonchev–Trinajstić information content (AvgIpc) is 2.85. The molecule has 0 saturated carbocycles. The Labute approximate surface area is 112 Å². The molecule has 0 amide bonds. The second-order valence-electron chi connectivity index (χ2n) is 3.64. The Morgan fingerprint density at radius 2 is 2.32 bits per heavy atom. The van der Waals surface area contributed by atoms with Gasteiger partial charge < -0.3 is 4.74 Å². The van der Waals surface area contributed by atoms with Gasteiger partial charge in [0.05, 0.1) is 12.8 Å². The molecule has 6 nitrogen and oxygen atoms in total. The number of rotatable bonds is 4. The number of aromatic nitrogens is 4. The lowest BCUT2D eigenvalue weighted by molar-refractivity contribution is -0.139. The van der Waals surface area contributed by atoms with Crippen molar-refractivity contribution in [2.24, 2.45) is 0 Å². The SMILES string of the molecule is COC(=O)[C@@H](C)Sc1nnnn1-c1cccc(F)c1. The monoisotopic (exact) mass is 282 g/mol. The van der Waals surface area contributed by atoms with Gasteiger partial charge in [0.1, 0.15) is 11.1 Å². The fourth-order valence-corrected chi connectivity index (χ4v) is 2.23. The molecule has 8 heteroatoms. The summed E-state index contributed by atoms with van der Waals surface area (Å²) < 4.78 is 19.2. The number of hydrogen-bond donors (Lipinski definition) is 0. The van der Waals surface area contributed by atoms with Gasteiger partial charge in [-0.3, -0.25) is 4.79 Å². The van der Waals surface area contributed by atoms with Crippen molar-refractivity contribution >= 4 is 17.7 Å². The summed E-state index contributed by atoms with van der Waals surface area (Å²) in [7, 11) is 1.31. The van der Waals surface area contributed by atoms with Crippen LogP contribution < -0.4 is 0 Å². The van der Waals surface area contributed by atoms with Crippen molar-refractivity contribution in [3.63, 3.8) is 0 Å². The van der Waals surface area contributed by atoms with Crippen molar-refractivity contribution in [1.82, 2.24) is 20.2 Å². The van der Waals surface area contributed by atoms with Crippen LogP contribution in [-0.4, -0.2) is 38.5 Å². The summed E-state index contributed by atoms with van der Waals surface area (Å²) in [6.07, 6.45) is 0. The van der Waals surface area contributed by atoms with Gasteiger partial charge in [0.2, 0.25) is 5.16 Å². The van der Waals surface area contributed by atoms with Crippen molar-refractivity contribution in [3.05, 3.63) is 30.1 Å². The van der Waals surface area contributed by atoms with E-state index < -0.39 is 5.25 Å². The largest absolute Gasteiger partial charge is 0.468 e. The maximum absolute atomic E-state index is 13.2. The van der Waals surface area contributed by atoms with Crippen LogP contribution in [0.25, 0.3) is 5.69 Å². The van der Waals surface area contributed by atoms with Crippen LogP contribution >= 0.6 is 11.8 Å². The Kier molecular flexibility index (Phi) is 4.10. The molecule has 0 fully saturated rings. The molecule has 0 saturated heterocycles. The molecule has 0 unspecified atom stereocenters. The van der Waals surface area contributed by atoms with Gasteiger partial charge in [0.25, 0.3) is 0 Å². The highest BCUT2D eigenvalue weighted by Gasteiger charge is 2.19. The van der Waals surface area contributed by atoms with Crippen molar-refractivity contribution < 1.29 is 13.9 Å². The highest BCUT2D eigenvalue weighted by Crippen LogP contribution is 2.23. The Hall–Kier alpha value is -1.96. The molecule has 1 aromatic heterocycles. The molecule has 2 aromatic rings. The Balaban J connectivity index is 2.25. The summed E-state index contributed by atoms with van der Waals surface area (Å²) in [6, 6.07) is 5.87. The van der Waals surface area contributed by atoms with Gasteiger partial charge in [-0.15, -0.1) is 5.10 Å². The maximum atomic E-state index is 13.2. The molecule has 0 N–H and O–H groups in total. The van der Waals surface area contributed by atoms with E-state index in [0.717, 1.165) is 11.8 Å². The van der Waals surface area contributed by atoms with E-state index in [-0.39, 0.29) is 11.8 Å². The zero-order valence-corrected chi connectivity index (χ0v) is 11.1. The zero-order chi connectivity index (χ0) is 13.8. The lowest BCUT2D eigenvalue weighted by Crippen LogP contribution is -2.15. The van der Waals surface area contributed by atoms with Crippen molar-refractivity contribution in [2.75, 3.05) is 7.11 Å². The van der Waals surface area contributed by atoms with E-state index in [1.807, 2.05) is 0 Å². The Morgan fingerprint density at radius 3 is 3.00 bits per heavy atom. The van der Waals surface area contributed by atoms with Gasteiger partial charge in [-0.05, 0) is 35.5 Å². The topological polar surface area (TPSA) is 69.9 Å². The highest BCUT2D eigenvalue weighted by atomic mass is 32.2. The summed E-state index contributed by atoms with van der Waals surface area (Å²) in [5.41, 5.74) is 0.490. The van der Waals surface area contributed by atoms with Gasteiger partial charge >= 0.3 is 5.97 Å². The molecule has 0 aliphatic rings. The molecule has 1 aromatic carbocycles. The van der Waals surface area contributed by atoms with E-state index in [2.05, 4.69) is 20.3 Å². The average molecular weight is 282 g/mol. The predicted molar refractivity (Wildman–Crippen MR) is 66.4 cm³/mol. The second kappa shape index (κ2) is 5.79. The molecule has 0 aliphatic carbocycles. The fourth-order valence-electron chi connectivity index (χ4n) is 1.39. The quantitative estimate of drug-likeness (QED) is 0.624. The number of tetrazole rings is 1. The number of carbonyl (C=O) groups is 1. The molecule has 0 bridgehead atoms. The number of benzene rings is 1. The molecule has 0 spiro atoms.